The number of aryl methyl sites for hydroxylation is 1. The Morgan fingerprint density at radius 3 is 2.84 bits per heavy atom. The standard InChI is InChI=1S/C14H13FN2O2/c1-3-9-6-10(14(18)19-2)4-5-11(9)13-12(15)7-16-8-17-13/h4-8H,3H2,1-2H3. The maximum absolute atomic E-state index is 13.7. The van der Waals surface area contributed by atoms with Crippen molar-refractivity contribution in [3.63, 3.8) is 0 Å². The number of hydrogen-bond donors (Lipinski definition) is 0. The number of aromatic nitrogens is 2. The molecule has 1 aromatic carbocycles. The number of carbonyl (C=O) groups is 1. The number of esters is 1. The Bertz CT molecular complexity index is 614. The van der Waals surface area contributed by atoms with Crippen LogP contribution in [-0.4, -0.2) is 23.0 Å². The summed E-state index contributed by atoms with van der Waals surface area (Å²) in [7, 11) is 1.33. The number of halogens is 1. The van der Waals surface area contributed by atoms with E-state index in [2.05, 4.69) is 14.7 Å². The van der Waals surface area contributed by atoms with Crippen molar-refractivity contribution in [3.8, 4) is 11.3 Å². The predicted octanol–water partition coefficient (Wildman–Crippen LogP) is 2.63. The number of benzene rings is 1. The summed E-state index contributed by atoms with van der Waals surface area (Å²) < 4.78 is 18.4. The Morgan fingerprint density at radius 1 is 1.42 bits per heavy atom. The lowest BCUT2D eigenvalue weighted by Gasteiger charge is -2.09. The Labute approximate surface area is 110 Å². The summed E-state index contributed by atoms with van der Waals surface area (Å²) in [6, 6.07) is 4.97. The van der Waals surface area contributed by atoms with Crippen molar-refractivity contribution in [2.24, 2.45) is 0 Å². The summed E-state index contributed by atoms with van der Waals surface area (Å²) in [4.78, 5) is 19.0. The maximum atomic E-state index is 13.7. The van der Waals surface area contributed by atoms with Gasteiger partial charge in [0, 0.05) is 5.56 Å². The molecule has 19 heavy (non-hydrogen) atoms. The summed E-state index contributed by atoms with van der Waals surface area (Å²) in [6.07, 6.45) is 3.08. The Morgan fingerprint density at radius 2 is 2.21 bits per heavy atom. The van der Waals surface area contributed by atoms with Crippen molar-refractivity contribution in [1.29, 1.82) is 0 Å². The first-order chi connectivity index (χ1) is 9.17. The minimum atomic E-state index is -0.483. The summed E-state index contributed by atoms with van der Waals surface area (Å²) in [6.45, 7) is 1.93. The molecule has 0 aliphatic rings. The van der Waals surface area contributed by atoms with Crippen LogP contribution < -0.4 is 0 Å². The first-order valence-corrected chi connectivity index (χ1v) is 5.84. The average molecular weight is 260 g/mol. The van der Waals surface area contributed by atoms with Crippen LogP contribution in [0, 0.1) is 5.82 Å². The van der Waals surface area contributed by atoms with E-state index in [1.807, 2.05) is 6.92 Å². The number of rotatable bonds is 3. The van der Waals surface area contributed by atoms with E-state index in [0.29, 0.717) is 17.5 Å². The average Bonchev–Trinajstić information content (AvgIpc) is 2.46. The third kappa shape index (κ3) is 2.59. The highest BCUT2D eigenvalue weighted by atomic mass is 19.1. The first-order valence-electron chi connectivity index (χ1n) is 5.84. The molecule has 1 aromatic heterocycles. The molecule has 5 heteroatoms. The minimum Gasteiger partial charge on any atom is -0.465 e. The van der Waals surface area contributed by atoms with Crippen molar-refractivity contribution < 1.29 is 13.9 Å². The van der Waals surface area contributed by atoms with Crippen molar-refractivity contribution in [2.75, 3.05) is 7.11 Å². The molecule has 0 aliphatic heterocycles. The molecule has 0 N–H and O–H groups in total. The fraction of sp³-hybridized carbons (Fsp3) is 0.214. The van der Waals surface area contributed by atoms with Crippen LogP contribution in [0.5, 0.6) is 0 Å². The quantitative estimate of drug-likeness (QED) is 0.796. The van der Waals surface area contributed by atoms with Gasteiger partial charge >= 0.3 is 5.97 Å². The van der Waals surface area contributed by atoms with Gasteiger partial charge in [-0.1, -0.05) is 13.0 Å². The largest absolute Gasteiger partial charge is 0.465 e. The molecule has 0 bridgehead atoms. The number of nitrogens with zero attached hydrogens (tertiary/aromatic N) is 2. The molecule has 0 fully saturated rings. The molecule has 0 spiro atoms. The highest BCUT2D eigenvalue weighted by Gasteiger charge is 2.13. The summed E-state index contributed by atoms with van der Waals surface area (Å²) in [5.41, 5.74) is 2.18. The van der Waals surface area contributed by atoms with Crippen LogP contribution in [0.2, 0.25) is 0 Å². The van der Waals surface area contributed by atoms with Crippen LogP contribution in [0.3, 0.4) is 0 Å². The molecule has 0 saturated carbocycles. The van der Waals surface area contributed by atoms with Gasteiger partial charge < -0.3 is 4.74 Å². The van der Waals surface area contributed by atoms with Crippen LogP contribution in [0.25, 0.3) is 11.3 Å². The smallest absolute Gasteiger partial charge is 0.337 e. The van der Waals surface area contributed by atoms with Gasteiger partial charge in [-0.2, -0.15) is 0 Å². The highest BCUT2D eigenvalue weighted by molar-refractivity contribution is 5.90. The minimum absolute atomic E-state index is 0.239. The SMILES string of the molecule is CCc1cc(C(=O)OC)ccc1-c1ncncc1F. The fourth-order valence-corrected chi connectivity index (χ4v) is 1.87. The topological polar surface area (TPSA) is 52.1 Å². The third-order valence-corrected chi connectivity index (χ3v) is 2.83. The third-order valence-electron chi connectivity index (χ3n) is 2.83. The molecule has 0 unspecified atom stereocenters. The second-order valence-corrected chi connectivity index (χ2v) is 3.94. The molecule has 0 radical (unpaired) electrons. The number of hydrogen-bond acceptors (Lipinski definition) is 4. The van der Waals surface area contributed by atoms with E-state index in [1.54, 1.807) is 18.2 Å². The van der Waals surface area contributed by atoms with Gasteiger partial charge in [-0.05, 0) is 24.1 Å². The highest BCUT2D eigenvalue weighted by Crippen LogP contribution is 2.25. The molecule has 0 atom stereocenters. The summed E-state index contributed by atoms with van der Waals surface area (Å²) in [5.74, 6) is -0.896. The molecule has 1 heterocycles. The number of methoxy groups -OCH3 is 1. The molecule has 98 valence electrons. The monoisotopic (exact) mass is 260 g/mol. The Hall–Kier alpha value is -2.30. The van der Waals surface area contributed by atoms with E-state index in [-0.39, 0.29) is 5.69 Å². The Kier molecular flexibility index (Phi) is 3.85. The van der Waals surface area contributed by atoms with E-state index < -0.39 is 11.8 Å². The van der Waals surface area contributed by atoms with E-state index in [1.165, 1.54) is 13.4 Å². The van der Waals surface area contributed by atoms with Gasteiger partial charge in [0.25, 0.3) is 0 Å². The van der Waals surface area contributed by atoms with Crippen molar-refractivity contribution in [1.82, 2.24) is 9.97 Å². The normalized spacial score (nSPS) is 10.3. The zero-order chi connectivity index (χ0) is 13.8. The van der Waals surface area contributed by atoms with Crippen molar-refractivity contribution in [3.05, 3.63) is 47.7 Å². The number of ether oxygens (including phenoxy) is 1. The maximum Gasteiger partial charge on any atom is 0.337 e. The van der Waals surface area contributed by atoms with E-state index in [9.17, 15) is 9.18 Å². The van der Waals surface area contributed by atoms with E-state index >= 15 is 0 Å². The van der Waals surface area contributed by atoms with Crippen LogP contribution >= 0.6 is 0 Å². The van der Waals surface area contributed by atoms with E-state index in [0.717, 1.165) is 11.8 Å². The van der Waals surface area contributed by atoms with E-state index in [4.69, 9.17) is 0 Å². The number of carbonyl (C=O) groups excluding carboxylic acids is 1. The van der Waals surface area contributed by atoms with Crippen molar-refractivity contribution >= 4 is 5.97 Å². The van der Waals surface area contributed by atoms with Gasteiger partial charge in [-0.3, -0.25) is 0 Å². The van der Waals surface area contributed by atoms with Crippen LogP contribution in [0.4, 0.5) is 4.39 Å². The molecular weight excluding hydrogens is 247 g/mol. The van der Waals surface area contributed by atoms with Crippen LogP contribution in [0.1, 0.15) is 22.8 Å². The molecule has 0 aliphatic carbocycles. The lowest BCUT2D eigenvalue weighted by molar-refractivity contribution is 0.0600. The van der Waals surface area contributed by atoms with Gasteiger partial charge in [-0.25, -0.2) is 19.2 Å². The van der Waals surface area contributed by atoms with Crippen molar-refractivity contribution in [2.45, 2.75) is 13.3 Å². The first kappa shape index (κ1) is 13.1. The summed E-state index contributed by atoms with van der Waals surface area (Å²) in [5, 5.41) is 0. The lowest BCUT2D eigenvalue weighted by Crippen LogP contribution is -2.03. The molecule has 4 nitrogen and oxygen atoms in total. The molecule has 2 aromatic rings. The Balaban J connectivity index is 2.53. The zero-order valence-corrected chi connectivity index (χ0v) is 10.7. The molecule has 0 amide bonds. The lowest BCUT2D eigenvalue weighted by atomic mass is 9.99. The van der Waals surface area contributed by atoms with Gasteiger partial charge in [-0.15, -0.1) is 0 Å². The molecular formula is C14H13FN2O2. The van der Waals surface area contributed by atoms with Gasteiger partial charge in [0.1, 0.15) is 12.0 Å². The molecule has 2 rings (SSSR count). The van der Waals surface area contributed by atoms with Gasteiger partial charge in [0.2, 0.25) is 0 Å². The predicted molar refractivity (Wildman–Crippen MR) is 68.1 cm³/mol. The second-order valence-electron chi connectivity index (χ2n) is 3.94. The van der Waals surface area contributed by atoms with Gasteiger partial charge in [0.15, 0.2) is 5.82 Å². The van der Waals surface area contributed by atoms with Gasteiger partial charge in [0.05, 0.1) is 18.9 Å². The fourth-order valence-electron chi connectivity index (χ4n) is 1.87. The summed E-state index contributed by atoms with van der Waals surface area (Å²) >= 11 is 0. The zero-order valence-electron chi connectivity index (χ0n) is 10.7. The molecule has 0 saturated heterocycles. The second kappa shape index (κ2) is 5.56. The van der Waals surface area contributed by atoms with Crippen LogP contribution in [0.15, 0.2) is 30.7 Å². The van der Waals surface area contributed by atoms with Crippen LogP contribution in [-0.2, 0) is 11.2 Å².